The molecule has 106 valence electrons. The zero-order valence-electron chi connectivity index (χ0n) is 11.4. The molecule has 0 saturated carbocycles. The number of nitrogens with zero attached hydrogens (tertiary/aromatic N) is 1. The van der Waals surface area contributed by atoms with Gasteiger partial charge in [0, 0.05) is 16.7 Å². The molecule has 2 aromatic rings. The van der Waals surface area contributed by atoms with Crippen LogP contribution in [0.25, 0.3) is 0 Å². The fourth-order valence-corrected chi connectivity index (χ4v) is 2.32. The Balaban J connectivity index is 2.03. The van der Waals surface area contributed by atoms with Crippen LogP contribution in [0.4, 0.5) is 5.69 Å². The van der Waals surface area contributed by atoms with E-state index in [0.717, 1.165) is 15.7 Å². The van der Waals surface area contributed by atoms with Crippen molar-refractivity contribution in [1.29, 1.82) is 5.26 Å². The highest BCUT2D eigenvalue weighted by Gasteiger charge is 2.05. The number of nitriles is 1. The smallest absolute Gasteiger partial charge is 0.337 e. The maximum absolute atomic E-state index is 11.3. The number of nitrogens with one attached hydrogen (secondary N) is 1. The van der Waals surface area contributed by atoms with Crippen LogP contribution in [0, 0.1) is 11.3 Å². The van der Waals surface area contributed by atoms with Gasteiger partial charge in [-0.1, -0.05) is 12.1 Å². The Labute approximate surface area is 131 Å². The first kappa shape index (κ1) is 15.1. The maximum Gasteiger partial charge on any atom is 0.337 e. The molecule has 2 rings (SSSR count). The Morgan fingerprint density at radius 2 is 2.00 bits per heavy atom. The van der Waals surface area contributed by atoms with Crippen LogP contribution in [0.3, 0.4) is 0 Å². The van der Waals surface area contributed by atoms with Crippen molar-refractivity contribution in [3.8, 4) is 6.07 Å². The summed E-state index contributed by atoms with van der Waals surface area (Å²) < 4.78 is 5.50. The van der Waals surface area contributed by atoms with Crippen molar-refractivity contribution >= 4 is 27.6 Å². The number of ether oxygens (including phenoxy) is 1. The van der Waals surface area contributed by atoms with Crippen molar-refractivity contribution in [3.63, 3.8) is 0 Å². The molecule has 0 spiro atoms. The molecule has 0 saturated heterocycles. The lowest BCUT2D eigenvalue weighted by Gasteiger charge is -2.09. The number of anilines is 1. The average molecular weight is 345 g/mol. The molecule has 1 N–H and O–H groups in total. The third-order valence-corrected chi connectivity index (χ3v) is 3.61. The second-order valence-electron chi connectivity index (χ2n) is 4.35. The van der Waals surface area contributed by atoms with Crippen LogP contribution in [0.15, 0.2) is 46.9 Å². The summed E-state index contributed by atoms with van der Waals surface area (Å²) in [6.45, 7) is 0.617. The van der Waals surface area contributed by atoms with Crippen LogP contribution < -0.4 is 5.32 Å². The van der Waals surface area contributed by atoms with E-state index >= 15 is 0 Å². The van der Waals surface area contributed by atoms with Gasteiger partial charge in [0.15, 0.2) is 0 Å². The van der Waals surface area contributed by atoms with Gasteiger partial charge in [-0.3, -0.25) is 0 Å². The molecule has 0 heterocycles. The molecule has 4 nitrogen and oxygen atoms in total. The van der Waals surface area contributed by atoms with Crippen LogP contribution in [0.5, 0.6) is 0 Å². The number of carbonyl (C=O) groups is 1. The fourth-order valence-electron chi connectivity index (χ4n) is 1.80. The summed E-state index contributed by atoms with van der Waals surface area (Å²) in [5.41, 5.74) is 3.08. The van der Waals surface area contributed by atoms with E-state index in [9.17, 15) is 4.79 Å². The molecule has 5 heteroatoms. The van der Waals surface area contributed by atoms with Crippen molar-refractivity contribution in [3.05, 3.63) is 63.6 Å². The SMILES string of the molecule is COC(=O)c1ccc(CNc2ccc(C#N)cc2Br)cc1. The van der Waals surface area contributed by atoms with Crippen molar-refractivity contribution in [1.82, 2.24) is 0 Å². The van der Waals surface area contributed by atoms with Crippen molar-refractivity contribution in [2.24, 2.45) is 0 Å². The number of methoxy groups -OCH3 is 1. The first-order valence-electron chi connectivity index (χ1n) is 6.25. The Morgan fingerprint density at radius 3 is 2.57 bits per heavy atom. The number of benzene rings is 2. The van der Waals surface area contributed by atoms with E-state index < -0.39 is 0 Å². The van der Waals surface area contributed by atoms with E-state index in [1.165, 1.54) is 7.11 Å². The predicted molar refractivity (Wildman–Crippen MR) is 84.0 cm³/mol. The number of hydrogen-bond acceptors (Lipinski definition) is 4. The van der Waals surface area contributed by atoms with Gasteiger partial charge in [-0.25, -0.2) is 4.79 Å². The third kappa shape index (κ3) is 3.83. The summed E-state index contributed by atoms with van der Waals surface area (Å²) in [6, 6.07) is 14.7. The minimum absolute atomic E-state index is 0.343. The zero-order chi connectivity index (χ0) is 15.2. The summed E-state index contributed by atoms with van der Waals surface area (Å²) in [4.78, 5) is 11.3. The van der Waals surface area contributed by atoms with Crippen LogP contribution in [-0.4, -0.2) is 13.1 Å². The van der Waals surface area contributed by atoms with Crippen molar-refractivity contribution in [2.75, 3.05) is 12.4 Å². The van der Waals surface area contributed by atoms with E-state index in [1.54, 1.807) is 24.3 Å². The molecular weight excluding hydrogens is 332 g/mol. The van der Waals surface area contributed by atoms with Crippen molar-refractivity contribution < 1.29 is 9.53 Å². The number of hydrogen-bond donors (Lipinski definition) is 1. The fraction of sp³-hybridized carbons (Fsp3) is 0.125. The first-order valence-corrected chi connectivity index (χ1v) is 7.04. The van der Waals surface area contributed by atoms with Gasteiger partial charge < -0.3 is 10.1 Å². The Kier molecular flexibility index (Phi) is 4.96. The molecule has 0 amide bonds. The maximum atomic E-state index is 11.3. The molecular formula is C16H13BrN2O2. The molecule has 0 aliphatic heterocycles. The number of carbonyl (C=O) groups excluding carboxylic acids is 1. The molecule has 0 unspecified atom stereocenters. The van der Waals surface area contributed by atoms with E-state index in [4.69, 9.17) is 5.26 Å². The van der Waals surface area contributed by atoms with Gasteiger partial charge in [0.05, 0.1) is 24.3 Å². The van der Waals surface area contributed by atoms with Gasteiger partial charge in [-0.15, -0.1) is 0 Å². The highest BCUT2D eigenvalue weighted by atomic mass is 79.9. The van der Waals surface area contributed by atoms with E-state index in [0.29, 0.717) is 17.7 Å². The molecule has 0 aliphatic carbocycles. The average Bonchev–Trinajstić information content (AvgIpc) is 2.53. The number of halogens is 1. The lowest BCUT2D eigenvalue weighted by atomic mass is 10.1. The summed E-state index contributed by atoms with van der Waals surface area (Å²) in [5, 5.41) is 12.1. The van der Waals surface area contributed by atoms with Crippen LogP contribution >= 0.6 is 15.9 Å². The summed E-state index contributed by atoms with van der Waals surface area (Å²) in [5.74, 6) is -0.343. The second kappa shape index (κ2) is 6.91. The first-order chi connectivity index (χ1) is 10.1. The van der Waals surface area contributed by atoms with Crippen molar-refractivity contribution in [2.45, 2.75) is 6.54 Å². The molecule has 21 heavy (non-hydrogen) atoms. The minimum atomic E-state index is -0.343. The Bertz CT molecular complexity index is 690. The standard InChI is InChI=1S/C16H13BrN2O2/c1-21-16(20)13-5-2-11(3-6-13)10-19-15-7-4-12(9-18)8-14(15)17/h2-8,19H,10H2,1H3. The number of esters is 1. The Morgan fingerprint density at radius 1 is 1.29 bits per heavy atom. The van der Waals surface area contributed by atoms with Crippen LogP contribution in [0.1, 0.15) is 21.5 Å². The quantitative estimate of drug-likeness (QED) is 0.858. The molecule has 0 aromatic heterocycles. The molecule has 0 atom stereocenters. The topological polar surface area (TPSA) is 62.1 Å². The minimum Gasteiger partial charge on any atom is -0.465 e. The highest BCUT2D eigenvalue weighted by molar-refractivity contribution is 9.10. The van der Waals surface area contributed by atoms with Gasteiger partial charge in [-0.2, -0.15) is 5.26 Å². The van der Waals surface area contributed by atoms with Crippen LogP contribution in [-0.2, 0) is 11.3 Å². The van der Waals surface area contributed by atoms with E-state index in [-0.39, 0.29) is 5.97 Å². The summed E-state index contributed by atoms with van der Waals surface area (Å²) in [7, 11) is 1.36. The van der Waals surface area contributed by atoms with Crippen LogP contribution in [0.2, 0.25) is 0 Å². The molecule has 0 bridgehead atoms. The molecule has 0 aliphatic rings. The van der Waals surface area contributed by atoms with Gasteiger partial charge >= 0.3 is 5.97 Å². The van der Waals surface area contributed by atoms with E-state index in [2.05, 4.69) is 32.1 Å². The second-order valence-corrected chi connectivity index (χ2v) is 5.20. The largest absolute Gasteiger partial charge is 0.465 e. The van der Waals surface area contributed by atoms with Gasteiger partial charge in [-0.05, 0) is 51.8 Å². The van der Waals surface area contributed by atoms with E-state index in [1.807, 2.05) is 18.2 Å². The van der Waals surface area contributed by atoms with Gasteiger partial charge in [0.2, 0.25) is 0 Å². The van der Waals surface area contributed by atoms with Gasteiger partial charge in [0.1, 0.15) is 0 Å². The summed E-state index contributed by atoms with van der Waals surface area (Å²) in [6.07, 6.45) is 0. The molecule has 2 aromatic carbocycles. The molecule has 0 fully saturated rings. The normalized spacial score (nSPS) is 9.76. The van der Waals surface area contributed by atoms with Gasteiger partial charge in [0.25, 0.3) is 0 Å². The lowest BCUT2D eigenvalue weighted by Crippen LogP contribution is -2.03. The third-order valence-electron chi connectivity index (χ3n) is 2.96. The Hall–Kier alpha value is -2.32. The lowest BCUT2D eigenvalue weighted by molar-refractivity contribution is 0.0600. The monoisotopic (exact) mass is 344 g/mol. The highest BCUT2D eigenvalue weighted by Crippen LogP contribution is 2.24. The predicted octanol–water partition coefficient (Wildman–Crippen LogP) is 3.72. The summed E-state index contributed by atoms with van der Waals surface area (Å²) >= 11 is 3.43. The molecule has 0 radical (unpaired) electrons. The zero-order valence-corrected chi connectivity index (χ0v) is 13.0. The number of rotatable bonds is 4.